The summed E-state index contributed by atoms with van der Waals surface area (Å²) in [5, 5.41) is 10.5. The minimum Gasteiger partial charge on any atom is -0.496 e. The van der Waals surface area contributed by atoms with E-state index in [9.17, 15) is 19.1 Å². The lowest BCUT2D eigenvalue weighted by atomic mass is 9.62. The van der Waals surface area contributed by atoms with Crippen molar-refractivity contribution in [2.75, 3.05) is 20.2 Å². The van der Waals surface area contributed by atoms with Crippen molar-refractivity contribution in [2.45, 2.75) is 52.7 Å². The Morgan fingerprint density at radius 3 is 2.24 bits per heavy atom. The molecule has 1 saturated carbocycles. The predicted octanol–water partition coefficient (Wildman–Crippen LogP) is 3.28. The number of likely N-dealkylation sites (tertiary alicyclic amines) is 1. The van der Waals surface area contributed by atoms with Gasteiger partial charge < -0.3 is 9.84 Å². The highest BCUT2D eigenvalue weighted by molar-refractivity contribution is 6.11. The fraction of sp³-hybridized carbons (Fsp3) is 0.520. The number of hydrogen-bond acceptors (Lipinski definition) is 7. The van der Waals surface area contributed by atoms with Crippen molar-refractivity contribution >= 4 is 11.6 Å². The quantitative estimate of drug-likeness (QED) is 0.707. The summed E-state index contributed by atoms with van der Waals surface area (Å²) in [5.41, 5.74) is 1.20. The van der Waals surface area contributed by atoms with Gasteiger partial charge in [0, 0.05) is 47.9 Å². The van der Waals surface area contributed by atoms with E-state index >= 15 is 0 Å². The van der Waals surface area contributed by atoms with Crippen LogP contribution in [0.1, 0.15) is 50.7 Å². The molecule has 2 aromatic rings. The molecule has 1 saturated heterocycles. The van der Waals surface area contributed by atoms with Crippen LogP contribution in [0.25, 0.3) is 11.4 Å². The maximum Gasteiger partial charge on any atom is 0.159 e. The Hall–Kier alpha value is -2.71. The third-order valence-electron chi connectivity index (χ3n) is 6.68. The second-order valence-corrected chi connectivity index (χ2v) is 10.5. The third kappa shape index (κ3) is 4.29. The molecule has 1 aromatic carbocycles. The van der Waals surface area contributed by atoms with Crippen molar-refractivity contribution in [1.29, 1.82) is 0 Å². The summed E-state index contributed by atoms with van der Waals surface area (Å²) in [6.45, 7) is 8.78. The number of hydrogen-bond donors (Lipinski definition) is 1. The monoisotopic (exact) mass is 455 g/mol. The van der Waals surface area contributed by atoms with Gasteiger partial charge in [-0.1, -0.05) is 20.8 Å². The molecule has 0 amide bonds. The lowest BCUT2D eigenvalue weighted by Gasteiger charge is -2.55. The third-order valence-corrected chi connectivity index (χ3v) is 6.68. The Morgan fingerprint density at radius 1 is 1.15 bits per heavy atom. The molecule has 1 N–H and O–H groups in total. The maximum atomic E-state index is 13.3. The van der Waals surface area contributed by atoms with E-state index in [4.69, 9.17) is 4.74 Å². The van der Waals surface area contributed by atoms with Crippen LogP contribution in [0.3, 0.4) is 0 Å². The molecule has 1 aliphatic carbocycles. The second-order valence-electron chi connectivity index (χ2n) is 10.5. The Morgan fingerprint density at radius 2 is 1.73 bits per heavy atom. The lowest BCUT2D eigenvalue weighted by molar-refractivity contribution is -0.171. The highest BCUT2D eigenvalue weighted by atomic mass is 19.1. The molecule has 2 heterocycles. The van der Waals surface area contributed by atoms with Gasteiger partial charge >= 0.3 is 0 Å². The smallest absolute Gasteiger partial charge is 0.159 e. The summed E-state index contributed by atoms with van der Waals surface area (Å²) in [5.74, 6) is -0.909. The molecule has 1 spiro atoms. The summed E-state index contributed by atoms with van der Waals surface area (Å²) in [6.07, 6.45) is 2.15. The lowest BCUT2D eigenvalue weighted by Crippen LogP contribution is -2.65. The average molecular weight is 456 g/mol. The molecule has 1 unspecified atom stereocenters. The molecular formula is C25H30FN3O4. The summed E-state index contributed by atoms with van der Waals surface area (Å²) >= 11 is 0. The Bertz CT molecular complexity index is 1070. The van der Waals surface area contributed by atoms with E-state index in [1.54, 1.807) is 12.1 Å². The number of carbonyl (C=O) groups is 2. The topological polar surface area (TPSA) is 92.6 Å². The molecule has 2 aliphatic rings. The van der Waals surface area contributed by atoms with Crippen LogP contribution in [0.5, 0.6) is 5.75 Å². The SMILES string of the molecule is COc1cc(-c2ncc(F)cn2)cc(C)c1C1C(=O)CC2(CC1=O)CN(C(O)C(C)(C)C)C2. The van der Waals surface area contributed by atoms with Crippen LogP contribution >= 0.6 is 0 Å². The normalized spacial score (nSPS) is 20.1. The number of aliphatic hydroxyl groups excluding tert-OH is 1. The number of carbonyl (C=O) groups excluding carboxylic acids is 2. The van der Waals surface area contributed by atoms with Gasteiger partial charge in [-0.2, -0.15) is 0 Å². The molecule has 1 aromatic heterocycles. The number of aliphatic hydroxyl groups is 1. The summed E-state index contributed by atoms with van der Waals surface area (Å²) < 4.78 is 18.8. The first-order valence-electron chi connectivity index (χ1n) is 11.1. The highest BCUT2D eigenvalue weighted by Gasteiger charge is 2.54. The average Bonchev–Trinajstić information content (AvgIpc) is 2.71. The van der Waals surface area contributed by atoms with Crippen LogP contribution in [0.4, 0.5) is 4.39 Å². The van der Waals surface area contributed by atoms with Crippen LogP contribution in [0, 0.1) is 23.6 Å². The minimum absolute atomic E-state index is 0.122. The molecule has 1 atom stereocenters. The van der Waals surface area contributed by atoms with E-state index in [1.807, 2.05) is 32.6 Å². The molecule has 0 bridgehead atoms. The number of halogens is 1. The van der Waals surface area contributed by atoms with Crippen molar-refractivity contribution in [3.8, 4) is 17.1 Å². The van der Waals surface area contributed by atoms with Crippen LogP contribution in [-0.4, -0.2) is 58.0 Å². The minimum atomic E-state index is -0.879. The first kappa shape index (κ1) is 23.4. The molecule has 0 radical (unpaired) electrons. The predicted molar refractivity (Wildman–Crippen MR) is 120 cm³/mol. The molecule has 8 heteroatoms. The van der Waals surface area contributed by atoms with Gasteiger partial charge in [0.25, 0.3) is 0 Å². The van der Waals surface area contributed by atoms with Crippen LogP contribution in [0.2, 0.25) is 0 Å². The second kappa shape index (κ2) is 8.25. The number of Topliss-reactive ketones (excluding diaryl/α,β-unsaturated/α-hetero) is 2. The van der Waals surface area contributed by atoms with Crippen molar-refractivity contribution in [2.24, 2.45) is 10.8 Å². The zero-order valence-electron chi connectivity index (χ0n) is 19.7. The molecule has 1 aliphatic heterocycles. The first-order chi connectivity index (χ1) is 15.4. The van der Waals surface area contributed by atoms with Crippen molar-refractivity contribution < 1.29 is 23.8 Å². The van der Waals surface area contributed by atoms with E-state index in [2.05, 4.69) is 9.97 Å². The number of ether oxygens (including phenoxy) is 1. The number of aromatic nitrogens is 2. The Balaban J connectivity index is 1.58. The number of aryl methyl sites for hydroxylation is 1. The number of rotatable bonds is 4. The summed E-state index contributed by atoms with van der Waals surface area (Å²) in [4.78, 5) is 36.5. The molecular weight excluding hydrogens is 425 g/mol. The maximum absolute atomic E-state index is 13.3. The van der Waals surface area contributed by atoms with Crippen molar-refractivity contribution in [3.63, 3.8) is 0 Å². The van der Waals surface area contributed by atoms with Gasteiger partial charge in [0.1, 0.15) is 29.5 Å². The number of ketones is 2. The van der Waals surface area contributed by atoms with Crippen LogP contribution in [0.15, 0.2) is 24.5 Å². The van der Waals surface area contributed by atoms with Gasteiger partial charge in [-0.3, -0.25) is 14.5 Å². The Kier molecular flexibility index (Phi) is 5.87. The van der Waals surface area contributed by atoms with Gasteiger partial charge in [-0.15, -0.1) is 0 Å². The number of nitrogens with zero attached hydrogens (tertiary/aromatic N) is 3. The van der Waals surface area contributed by atoms with E-state index in [0.29, 0.717) is 48.6 Å². The van der Waals surface area contributed by atoms with Crippen LogP contribution in [-0.2, 0) is 9.59 Å². The van der Waals surface area contributed by atoms with Gasteiger partial charge in [-0.25, -0.2) is 14.4 Å². The number of methoxy groups -OCH3 is 1. The van der Waals surface area contributed by atoms with Gasteiger partial charge in [0.2, 0.25) is 0 Å². The molecule has 2 fully saturated rings. The zero-order chi connectivity index (χ0) is 24.1. The molecule has 4 rings (SSSR count). The summed E-state index contributed by atoms with van der Waals surface area (Å²) in [7, 11) is 1.49. The van der Waals surface area contributed by atoms with Crippen LogP contribution < -0.4 is 4.74 Å². The largest absolute Gasteiger partial charge is 0.496 e. The van der Waals surface area contributed by atoms with E-state index in [0.717, 1.165) is 18.0 Å². The van der Waals surface area contributed by atoms with Gasteiger partial charge in [0.05, 0.1) is 19.5 Å². The number of benzene rings is 1. The van der Waals surface area contributed by atoms with Crippen molar-refractivity contribution in [1.82, 2.24) is 14.9 Å². The fourth-order valence-electron chi connectivity index (χ4n) is 5.16. The van der Waals surface area contributed by atoms with E-state index in [1.165, 1.54) is 7.11 Å². The van der Waals surface area contributed by atoms with Crippen molar-refractivity contribution in [3.05, 3.63) is 41.5 Å². The molecule has 7 nitrogen and oxygen atoms in total. The Labute approximate surface area is 193 Å². The first-order valence-corrected chi connectivity index (χ1v) is 11.1. The zero-order valence-corrected chi connectivity index (χ0v) is 19.7. The molecule has 176 valence electrons. The van der Waals surface area contributed by atoms with Gasteiger partial charge in [0.15, 0.2) is 11.6 Å². The fourth-order valence-corrected chi connectivity index (χ4v) is 5.16. The van der Waals surface area contributed by atoms with E-state index in [-0.39, 0.29) is 17.0 Å². The van der Waals surface area contributed by atoms with E-state index < -0.39 is 23.4 Å². The molecule has 33 heavy (non-hydrogen) atoms. The highest BCUT2D eigenvalue weighted by Crippen LogP contribution is 2.48. The van der Waals surface area contributed by atoms with Gasteiger partial charge in [-0.05, 0) is 24.6 Å². The standard InChI is InChI=1S/C25H30FN3O4/c1-14-6-15(22-27-10-16(26)11-28-22)7-19(33-5)20(14)21-17(30)8-25(9-18(21)31)12-29(13-25)23(32)24(2,3)4/h6-7,10-11,21,23,32H,8-9,12-13H2,1-5H3. The summed E-state index contributed by atoms with van der Waals surface area (Å²) in [6, 6.07) is 3.48.